The predicted molar refractivity (Wildman–Crippen MR) is 78.0 cm³/mol. The first-order valence-electron chi connectivity index (χ1n) is 7.15. The summed E-state index contributed by atoms with van der Waals surface area (Å²) in [5.41, 5.74) is 1.26. The average Bonchev–Trinajstić information content (AvgIpc) is 3.23. The van der Waals surface area contributed by atoms with Gasteiger partial charge in [0.1, 0.15) is 6.54 Å². The molecule has 0 unspecified atom stereocenters. The van der Waals surface area contributed by atoms with Crippen LogP contribution in [-0.4, -0.2) is 48.7 Å². The molecule has 1 N–H and O–H groups in total. The van der Waals surface area contributed by atoms with Crippen LogP contribution in [0.4, 0.5) is 0 Å². The van der Waals surface area contributed by atoms with Gasteiger partial charge in [0.25, 0.3) is 0 Å². The molecule has 0 radical (unpaired) electrons. The summed E-state index contributed by atoms with van der Waals surface area (Å²) in [6, 6.07) is 10.1. The quantitative estimate of drug-likeness (QED) is 0.792. The summed E-state index contributed by atoms with van der Waals surface area (Å²) in [5, 5.41) is 8.88. The van der Waals surface area contributed by atoms with Gasteiger partial charge in [-0.15, -0.1) is 0 Å². The van der Waals surface area contributed by atoms with Gasteiger partial charge in [-0.1, -0.05) is 30.3 Å². The van der Waals surface area contributed by atoms with Crippen LogP contribution in [-0.2, 0) is 14.3 Å². The van der Waals surface area contributed by atoms with Gasteiger partial charge in [0.15, 0.2) is 0 Å². The molecule has 1 fully saturated rings. The van der Waals surface area contributed by atoms with Gasteiger partial charge in [0.2, 0.25) is 5.91 Å². The lowest BCUT2D eigenvalue weighted by Crippen LogP contribution is -2.38. The number of ether oxygens (including phenoxy) is 1. The van der Waals surface area contributed by atoms with E-state index in [1.54, 1.807) is 0 Å². The van der Waals surface area contributed by atoms with E-state index in [9.17, 15) is 9.59 Å². The molecule has 2 atom stereocenters. The highest BCUT2D eigenvalue weighted by atomic mass is 16.5. The molecule has 2 rings (SSSR count). The number of carboxylic acid groups (broad SMARTS) is 1. The molecule has 1 aromatic rings. The molecule has 0 bridgehead atoms. The van der Waals surface area contributed by atoms with E-state index in [4.69, 9.17) is 9.84 Å². The number of rotatable bonds is 8. The normalized spacial score (nSPS) is 20.0. The maximum absolute atomic E-state index is 12.2. The van der Waals surface area contributed by atoms with Crippen LogP contribution in [0.5, 0.6) is 0 Å². The fourth-order valence-corrected chi connectivity index (χ4v) is 2.59. The van der Waals surface area contributed by atoms with Crippen LogP contribution in [0, 0.1) is 5.92 Å². The van der Waals surface area contributed by atoms with E-state index in [2.05, 4.69) is 12.1 Å². The first-order chi connectivity index (χ1) is 10.1. The zero-order valence-electron chi connectivity index (χ0n) is 12.2. The van der Waals surface area contributed by atoms with Crippen LogP contribution in [0.1, 0.15) is 24.3 Å². The first kappa shape index (κ1) is 15.5. The molecule has 0 spiro atoms. The summed E-state index contributed by atoms with van der Waals surface area (Å²) in [5.74, 6) is -0.323. The molecular formula is C16H21NO4. The molecule has 1 aliphatic carbocycles. The van der Waals surface area contributed by atoms with Crippen molar-refractivity contribution < 1.29 is 19.4 Å². The summed E-state index contributed by atoms with van der Waals surface area (Å²) in [7, 11) is 1.54. The number of hydrogen-bond acceptors (Lipinski definition) is 3. The van der Waals surface area contributed by atoms with Crippen LogP contribution < -0.4 is 0 Å². The summed E-state index contributed by atoms with van der Waals surface area (Å²) < 4.78 is 4.93. The van der Waals surface area contributed by atoms with Gasteiger partial charge >= 0.3 is 5.97 Å². The Kier molecular flexibility index (Phi) is 5.33. The Labute approximate surface area is 124 Å². The smallest absolute Gasteiger partial charge is 0.323 e. The number of hydrogen-bond donors (Lipinski definition) is 1. The number of carbonyl (C=O) groups excluding carboxylic acids is 1. The lowest BCUT2D eigenvalue weighted by atomic mass is 10.1. The van der Waals surface area contributed by atoms with Crippen LogP contribution in [0.15, 0.2) is 30.3 Å². The second-order valence-corrected chi connectivity index (χ2v) is 5.42. The first-order valence-corrected chi connectivity index (χ1v) is 7.15. The minimum absolute atomic E-state index is 0.0992. The summed E-state index contributed by atoms with van der Waals surface area (Å²) in [6.45, 7) is 0.418. The summed E-state index contributed by atoms with van der Waals surface area (Å²) >= 11 is 0. The molecule has 1 saturated carbocycles. The lowest BCUT2D eigenvalue weighted by molar-refractivity contribution is -0.145. The number of amides is 1. The molecule has 0 heterocycles. The minimum atomic E-state index is -0.991. The standard InChI is InChI=1S/C16H21NO4/c1-21-8-7-17(11-16(19)20)15(18)10-13-9-14(13)12-5-3-2-4-6-12/h2-6,13-14H,7-11H2,1H3,(H,19,20)/t13-,14-/m0/s1. The van der Waals surface area contributed by atoms with Crippen LogP contribution in [0.25, 0.3) is 0 Å². The second-order valence-electron chi connectivity index (χ2n) is 5.42. The van der Waals surface area contributed by atoms with E-state index < -0.39 is 5.97 Å². The van der Waals surface area contributed by atoms with E-state index in [0.717, 1.165) is 6.42 Å². The van der Waals surface area contributed by atoms with E-state index in [1.807, 2.05) is 18.2 Å². The molecule has 1 aliphatic rings. The molecule has 5 nitrogen and oxygen atoms in total. The minimum Gasteiger partial charge on any atom is -0.480 e. The monoisotopic (exact) mass is 291 g/mol. The number of carbonyl (C=O) groups is 2. The molecule has 0 aromatic heterocycles. The average molecular weight is 291 g/mol. The van der Waals surface area contributed by atoms with E-state index in [0.29, 0.717) is 31.4 Å². The van der Waals surface area contributed by atoms with Crippen molar-refractivity contribution in [3.05, 3.63) is 35.9 Å². The van der Waals surface area contributed by atoms with Crippen molar-refractivity contribution in [2.24, 2.45) is 5.92 Å². The molecule has 1 amide bonds. The maximum Gasteiger partial charge on any atom is 0.323 e. The van der Waals surface area contributed by atoms with E-state index in [1.165, 1.54) is 17.6 Å². The fourth-order valence-electron chi connectivity index (χ4n) is 2.59. The largest absolute Gasteiger partial charge is 0.480 e. The van der Waals surface area contributed by atoms with Crippen molar-refractivity contribution in [1.82, 2.24) is 4.90 Å². The third kappa shape index (κ3) is 4.56. The van der Waals surface area contributed by atoms with Crippen molar-refractivity contribution in [3.63, 3.8) is 0 Å². The van der Waals surface area contributed by atoms with Gasteiger partial charge < -0.3 is 14.7 Å². The molecule has 5 heteroatoms. The van der Waals surface area contributed by atoms with Crippen LogP contribution >= 0.6 is 0 Å². The number of aliphatic carboxylic acids is 1. The maximum atomic E-state index is 12.2. The highest BCUT2D eigenvalue weighted by molar-refractivity contribution is 5.81. The van der Waals surface area contributed by atoms with Gasteiger partial charge in [0, 0.05) is 20.1 Å². The Hall–Kier alpha value is -1.88. The van der Waals surface area contributed by atoms with E-state index in [-0.39, 0.29) is 12.5 Å². The zero-order chi connectivity index (χ0) is 15.2. The number of nitrogens with zero attached hydrogens (tertiary/aromatic N) is 1. The van der Waals surface area contributed by atoms with Gasteiger partial charge in [-0.05, 0) is 23.8 Å². The van der Waals surface area contributed by atoms with Crippen molar-refractivity contribution in [2.45, 2.75) is 18.8 Å². The molecule has 21 heavy (non-hydrogen) atoms. The van der Waals surface area contributed by atoms with Crippen molar-refractivity contribution in [2.75, 3.05) is 26.8 Å². The lowest BCUT2D eigenvalue weighted by Gasteiger charge is -2.20. The zero-order valence-corrected chi connectivity index (χ0v) is 12.2. The second kappa shape index (κ2) is 7.22. The Morgan fingerprint density at radius 1 is 1.33 bits per heavy atom. The van der Waals surface area contributed by atoms with Crippen molar-refractivity contribution >= 4 is 11.9 Å². The molecule has 0 aliphatic heterocycles. The summed E-state index contributed by atoms with van der Waals surface area (Å²) in [6.07, 6.45) is 1.41. The highest BCUT2D eigenvalue weighted by Gasteiger charge is 2.40. The number of benzene rings is 1. The van der Waals surface area contributed by atoms with Gasteiger partial charge in [-0.3, -0.25) is 9.59 Å². The third-order valence-electron chi connectivity index (χ3n) is 3.83. The Morgan fingerprint density at radius 2 is 2.05 bits per heavy atom. The van der Waals surface area contributed by atoms with Crippen LogP contribution in [0.3, 0.4) is 0 Å². The molecular weight excluding hydrogens is 270 g/mol. The molecule has 114 valence electrons. The Balaban J connectivity index is 1.86. The fraction of sp³-hybridized carbons (Fsp3) is 0.500. The summed E-state index contributed by atoms with van der Waals surface area (Å²) in [4.78, 5) is 24.4. The third-order valence-corrected chi connectivity index (χ3v) is 3.83. The highest BCUT2D eigenvalue weighted by Crippen LogP contribution is 2.49. The molecule has 0 saturated heterocycles. The predicted octanol–water partition coefficient (Wildman–Crippen LogP) is 1.74. The number of carboxylic acids is 1. The van der Waals surface area contributed by atoms with Crippen molar-refractivity contribution in [3.8, 4) is 0 Å². The van der Waals surface area contributed by atoms with Gasteiger partial charge in [-0.2, -0.15) is 0 Å². The van der Waals surface area contributed by atoms with Crippen molar-refractivity contribution in [1.29, 1.82) is 0 Å². The van der Waals surface area contributed by atoms with E-state index >= 15 is 0 Å². The van der Waals surface area contributed by atoms with Gasteiger partial charge in [0.05, 0.1) is 6.61 Å². The van der Waals surface area contributed by atoms with Gasteiger partial charge in [-0.25, -0.2) is 0 Å². The topological polar surface area (TPSA) is 66.8 Å². The van der Waals surface area contributed by atoms with Crippen LogP contribution in [0.2, 0.25) is 0 Å². The molecule has 1 aromatic carbocycles. The number of methoxy groups -OCH3 is 1. The SMILES string of the molecule is COCCN(CC(=O)O)C(=O)C[C@@H]1C[C@H]1c1ccccc1. The Bertz CT molecular complexity index is 488. The Morgan fingerprint density at radius 3 is 2.67 bits per heavy atom.